The van der Waals surface area contributed by atoms with Crippen molar-refractivity contribution in [3.05, 3.63) is 17.3 Å². The molecule has 0 fully saturated rings. The summed E-state index contributed by atoms with van der Waals surface area (Å²) >= 11 is 3.13. The molecular formula is C9H10BrF2NO2. The van der Waals surface area contributed by atoms with Gasteiger partial charge in [-0.05, 0) is 0 Å². The summed E-state index contributed by atoms with van der Waals surface area (Å²) in [4.78, 5) is 3.75. The Balaban J connectivity index is 3.37. The lowest BCUT2D eigenvalue weighted by molar-refractivity contribution is 0.144. The number of nitrogens with zero attached hydrogens (tertiary/aromatic N) is 1. The van der Waals surface area contributed by atoms with Crippen molar-refractivity contribution < 1.29 is 18.3 Å². The van der Waals surface area contributed by atoms with Crippen molar-refractivity contribution in [2.24, 2.45) is 0 Å². The maximum atomic E-state index is 12.8. The van der Waals surface area contributed by atoms with Crippen LogP contribution in [0.15, 0.2) is 6.20 Å². The third-order valence-corrected chi connectivity index (χ3v) is 2.48. The largest absolute Gasteiger partial charge is 0.495 e. The van der Waals surface area contributed by atoms with Gasteiger partial charge in [-0.2, -0.15) is 0 Å². The molecule has 0 aromatic carbocycles. The van der Waals surface area contributed by atoms with Gasteiger partial charge < -0.3 is 9.47 Å². The molecule has 0 radical (unpaired) electrons. The summed E-state index contributed by atoms with van der Waals surface area (Å²) in [6, 6.07) is 0. The second-order valence-corrected chi connectivity index (χ2v) is 3.22. The van der Waals surface area contributed by atoms with Crippen LogP contribution in [0.4, 0.5) is 8.78 Å². The standard InChI is InChI=1S/C9H10BrF2NO2/c1-14-6-4-13-9(15-2)7(8(11)12)5(6)3-10/h4,8H,3H2,1-2H3. The molecule has 0 spiro atoms. The summed E-state index contributed by atoms with van der Waals surface area (Å²) in [5, 5.41) is 0.259. The van der Waals surface area contributed by atoms with Gasteiger partial charge in [0.2, 0.25) is 5.88 Å². The molecule has 0 bridgehead atoms. The summed E-state index contributed by atoms with van der Waals surface area (Å²) < 4.78 is 35.3. The zero-order chi connectivity index (χ0) is 11.4. The first-order valence-electron chi connectivity index (χ1n) is 4.09. The molecule has 15 heavy (non-hydrogen) atoms. The Kier molecular flexibility index (Phi) is 4.26. The van der Waals surface area contributed by atoms with Gasteiger partial charge in [0.1, 0.15) is 5.75 Å². The van der Waals surface area contributed by atoms with Crippen molar-refractivity contribution in [2.75, 3.05) is 14.2 Å². The first kappa shape index (κ1) is 12.2. The number of methoxy groups -OCH3 is 2. The van der Waals surface area contributed by atoms with E-state index in [1.54, 1.807) is 0 Å². The Labute approximate surface area is 94.5 Å². The van der Waals surface area contributed by atoms with Gasteiger partial charge in [0.15, 0.2) is 0 Å². The number of hydrogen-bond donors (Lipinski definition) is 0. The van der Waals surface area contributed by atoms with Gasteiger partial charge in [-0.1, -0.05) is 15.9 Å². The quantitative estimate of drug-likeness (QED) is 0.796. The van der Waals surface area contributed by atoms with E-state index in [0.717, 1.165) is 0 Å². The number of halogens is 3. The molecule has 1 aromatic rings. The summed E-state index contributed by atoms with van der Waals surface area (Å²) in [5.41, 5.74) is 0.132. The Morgan fingerprint density at radius 3 is 2.47 bits per heavy atom. The lowest BCUT2D eigenvalue weighted by Gasteiger charge is -2.13. The van der Waals surface area contributed by atoms with Crippen LogP contribution in [0.5, 0.6) is 11.6 Å². The van der Waals surface area contributed by atoms with Crippen molar-refractivity contribution >= 4 is 15.9 Å². The van der Waals surface area contributed by atoms with E-state index in [-0.39, 0.29) is 16.8 Å². The summed E-state index contributed by atoms with van der Waals surface area (Å²) in [5.74, 6) is 0.253. The molecule has 0 aliphatic carbocycles. The maximum absolute atomic E-state index is 12.8. The molecule has 1 heterocycles. The van der Waals surface area contributed by atoms with Gasteiger partial charge in [-0.15, -0.1) is 0 Å². The van der Waals surface area contributed by atoms with Crippen molar-refractivity contribution in [3.63, 3.8) is 0 Å². The van der Waals surface area contributed by atoms with Gasteiger partial charge in [0.05, 0.1) is 26.0 Å². The fraction of sp³-hybridized carbons (Fsp3) is 0.444. The first-order chi connectivity index (χ1) is 7.15. The van der Waals surface area contributed by atoms with Crippen LogP contribution < -0.4 is 9.47 Å². The van der Waals surface area contributed by atoms with Gasteiger partial charge in [-0.3, -0.25) is 0 Å². The van der Waals surface area contributed by atoms with Crippen LogP contribution in [0.1, 0.15) is 17.6 Å². The summed E-state index contributed by atoms with van der Waals surface area (Å²) in [7, 11) is 2.71. The number of pyridine rings is 1. The van der Waals surface area contributed by atoms with E-state index in [9.17, 15) is 8.78 Å². The van der Waals surface area contributed by atoms with Crippen LogP contribution in [-0.2, 0) is 5.33 Å². The minimum absolute atomic E-state index is 0.0692. The molecule has 0 saturated heterocycles. The predicted molar refractivity (Wildman–Crippen MR) is 54.9 cm³/mol. The topological polar surface area (TPSA) is 31.4 Å². The van der Waals surface area contributed by atoms with Crippen LogP contribution >= 0.6 is 15.9 Å². The van der Waals surface area contributed by atoms with Crippen molar-refractivity contribution in [1.29, 1.82) is 0 Å². The lowest BCUT2D eigenvalue weighted by atomic mass is 10.1. The fourth-order valence-corrected chi connectivity index (χ4v) is 1.81. The van der Waals surface area contributed by atoms with Gasteiger partial charge in [0, 0.05) is 10.9 Å². The third-order valence-electron chi connectivity index (χ3n) is 1.92. The lowest BCUT2D eigenvalue weighted by Crippen LogP contribution is -2.02. The van der Waals surface area contributed by atoms with Crippen molar-refractivity contribution in [1.82, 2.24) is 4.98 Å². The highest BCUT2D eigenvalue weighted by Gasteiger charge is 2.22. The van der Waals surface area contributed by atoms with Gasteiger partial charge in [-0.25, -0.2) is 13.8 Å². The van der Waals surface area contributed by atoms with Gasteiger partial charge >= 0.3 is 0 Å². The monoisotopic (exact) mass is 281 g/mol. The van der Waals surface area contributed by atoms with E-state index in [1.165, 1.54) is 20.4 Å². The number of aromatic nitrogens is 1. The number of ether oxygens (including phenoxy) is 2. The normalized spacial score (nSPS) is 10.5. The maximum Gasteiger partial charge on any atom is 0.269 e. The molecule has 0 amide bonds. The molecule has 1 aromatic heterocycles. The predicted octanol–water partition coefficient (Wildman–Crippen LogP) is 2.93. The molecule has 0 aliphatic rings. The average molecular weight is 282 g/mol. The molecule has 0 aliphatic heterocycles. The Hall–Kier alpha value is -0.910. The smallest absolute Gasteiger partial charge is 0.269 e. The molecule has 1 rings (SSSR count). The summed E-state index contributed by atoms with van der Waals surface area (Å²) in [6.45, 7) is 0. The van der Waals surface area contributed by atoms with Crippen LogP contribution in [0.2, 0.25) is 0 Å². The van der Waals surface area contributed by atoms with E-state index < -0.39 is 6.43 Å². The van der Waals surface area contributed by atoms with Crippen molar-refractivity contribution in [2.45, 2.75) is 11.8 Å². The Morgan fingerprint density at radius 1 is 1.40 bits per heavy atom. The number of rotatable bonds is 4. The van der Waals surface area contributed by atoms with Crippen LogP contribution in [-0.4, -0.2) is 19.2 Å². The van der Waals surface area contributed by atoms with Crippen LogP contribution in [0, 0.1) is 0 Å². The molecule has 3 nitrogen and oxygen atoms in total. The van der Waals surface area contributed by atoms with E-state index in [2.05, 4.69) is 20.9 Å². The van der Waals surface area contributed by atoms with E-state index in [1.807, 2.05) is 0 Å². The highest BCUT2D eigenvalue weighted by atomic mass is 79.9. The Bertz CT molecular complexity index is 347. The minimum Gasteiger partial charge on any atom is -0.495 e. The minimum atomic E-state index is -2.64. The molecule has 0 unspecified atom stereocenters. The second kappa shape index (κ2) is 5.25. The number of alkyl halides is 3. The van der Waals surface area contributed by atoms with Crippen molar-refractivity contribution in [3.8, 4) is 11.6 Å². The van der Waals surface area contributed by atoms with E-state index >= 15 is 0 Å². The van der Waals surface area contributed by atoms with Crippen LogP contribution in [0.25, 0.3) is 0 Å². The van der Waals surface area contributed by atoms with E-state index in [4.69, 9.17) is 9.47 Å². The zero-order valence-corrected chi connectivity index (χ0v) is 9.85. The van der Waals surface area contributed by atoms with E-state index in [0.29, 0.717) is 11.3 Å². The molecule has 6 heteroatoms. The highest BCUT2D eigenvalue weighted by Crippen LogP contribution is 2.36. The molecule has 0 saturated carbocycles. The molecular weight excluding hydrogens is 272 g/mol. The zero-order valence-electron chi connectivity index (χ0n) is 8.26. The third kappa shape index (κ3) is 2.37. The molecule has 0 N–H and O–H groups in total. The van der Waals surface area contributed by atoms with Gasteiger partial charge in [0.25, 0.3) is 6.43 Å². The molecule has 0 atom stereocenters. The summed E-state index contributed by atoms with van der Waals surface area (Å²) in [6.07, 6.45) is -1.28. The molecule has 84 valence electrons. The second-order valence-electron chi connectivity index (χ2n) is 2.66. The fourth-order valence-electron chi connectivity index (χ4n) is 1.23. The average Bonchev–Trinajstić information content (AvgIpc) is 2.26. The van der Waals surface area contributed by atoms with Crippen LogP contribution in [0.3, 0.4) is 0 Å². The Morgan fingerprint density at radius 2 is 2.07 bits per heavy atom. The SMILES string of the molecule is COc1cnc(OC)c(C(F)F)c1CBr. The highest BCUT2D eigenvalue weighted by molar-refractivity contribution is 9.08. The first-order valence-corrected chi connectivity index (χ1v) is 5.21. The number of hydrogen-bond acceptors (Lipinski definition) is 3.